The van der Waals surface area contributed by atoms with E-state index in [-0.39, 0.29) is 5.54 Å². The van der Waals surface area contributed by atoms with Crippen molar-refractivity contribution in [1.29, 1.82) is 5.26 Å². The molecule has 1 aliphatic rings. The van der Waals surface area contributed by atoms with E-state index in [2.05, 4.69) is 23.2 Å². The summed E-state index contributed by atoms with van der Waals surface area (Å²) in [5, 5.41) is 8.90. The Morgan fingerprint density at radius 2 is 1.74 bits per heavy atom. The van der Waals surface area contributed by atoms with Gasteiger partial charge in [-0.25, -0.2) is 4.98 Å². The lowest BCUT2D eigenvalue weighted by atomic mass is 9.99. The molecule has 0 saturated heterocycles. The molecule has 1 saturated carbocycles. The van der Waals surface area contributed by atoms with Crippen LogP contribution < -0.4 is 5.73 Å². The normalized spacial score (nSPS) is 16.5. The summed E-state index contributed by atoms with van der Waals surface area (Å²) in [6.45, 7) is 0. The molecule has 114 valence electrons. The van der Waals surface area contributed by atoms with Gasteiger partial charge in [-0.15, -0.1) is 0 Å². The van der Waals surface area contributed by atoms with Crippen LogP contribution in [0.3, 0.4) is 0 Å². The number of nitrogens with two attached hydrogens (primary N) is 1. The van der Waals surface area contributed by atoms with Crippen molar-refractivity contribution < 1.29 is 0 Å². The fourth-order valence-corrected chi connectivity index (χ4v) is 3.40. The fraction of sp³-hybridized carbons (Fsp3) is 0.263. The lowest BCUT2D eigenvalue weighted by molar-refractivity contribution is 0.437. The van der Waals surface area contributed by atoms with Crippen LogP contribution in [-0.4, -0.2) is 9.97 Å². The molecule has 2 aromatic carbocycles. The minimum Gasteiger partial charge on any atom is -0.340 e. The molecule has 1 aromatic heterocycles. The van der Waals surface area contributed by atoms with E-state index in [0.717, 1.165) is 40.8 Å². The van der Waals surface area contributed by atoms with Crippen LogP contribution in [0.4, 0.5) is 0 Å². The molecule has 23 heavy (non-hydrogen) atoms. The van der Waals surface area contributed by atoms with Gasteiger partial charge in [0.15, 0.2) is 0 Å². The zero-order chi connectivity index (χ0) is 15.9. The Morgan fingerprint density at radius 1 is 1.04 bits per heavy atom. The Morgan fingerprint density at radius 3 is 2.43 bits per heavy atom. The highest BCUT2D eigenvalue weighted by Gasteiger charge is 2.34. The van der Waals surface area contributed by atoms with Crippen LogP contribution in [-0.2, 0) is 5.54 Å². The first-order valence-corrected chi connectivity index (χ1v) is 7.98. The highest BCUT2D eigenvalue weighted by atomic mass is 15.0. The minimum atomic E-state index is -0.298. The Bertz CT molecular complexity index is 893. The maximum absolute atomic E-state index is 8.90. The SMILES string of the molecule is N#Cc1ccc(-c2ccc3nc(C4(N)CCCC4)[nH]c3c2)cc1. The number of nitriles is 1. The van der Waals surface area contributed by atoms with E-state index in [0.29, 0.717) is 5.56 Å². The number of fused-ring (bicyclic) bond motifs is 1. The van der Waals surface area contributed by atoms with Gasteiger partial charge in [0.1, 0.15) is 5.82 Å². The number of hydrogen-bond acceptors (Lipinski definition) is 3. The Balaban J connectivity index is 1.74. The van der Waals surface area contributed by atoms with E-state index in [1.54, 1.807) is 0 Å². The van der Waals surface area contributed by atoms with Gasteiger partial charge >= 0.3 is 0 Å². The molecule has 4 nitrogen and oxygen atoms in total. The molecule has 4 heteroatoms. The Labute approximate surface area is 135 Å². The molecule has 0 amide bonds. The molecular formula is C19H18N4. The number of aromatic amines is 1. The fourth-order valence-electron chi connectivity index (χ4n) is 3.40. The monoisotopic (exact) mass is 302 g/mol. The number of rotatable bonds is 2. The zero-order valence-corrected chi connectivity index (χ0v) is 12.8. The van der Waals surface area contributed by atoms with Crippen LogP contribution in [0.1, 0.15) is 37.1 Å². The molecule has 3 aromatic rings. The van der Waals surface area contributed by atoms with Gasteiger partial charge in [-0.05, 0) is 48.2 Å². The second kappa shape index (κ2) is 5.22. The first-order chi connectivity index (χ1) is 11.2. The van der Waals surface area contributed by atoms with Crippen molar-refractivity contribution in [2.45, 2.75) is 31.2 Å². The molecule has 0 radical (unpaired) electrons. The van der Waals surface area contributed by atoms with Gasteiger partial charge in [0.2, 0.25) is 0 Å². The highest BCUT2D eigenvalue weighted by molar-refractivity contribution is 5.82. The Hall–Kier alpha value is -2.64. The van der Waals surface area contributed by atoms with E-state index in [9.17, 15) is 0 Å². The standard InChI is InChI=1S/C19H18N4/c20-12-13-3-5-14(6-4-13)15-7-8-16-17(11-15)23-18(22-16)19(21)9-1-2-10-19/h3-8,11H,1-2,9-10,21H2,(H,22,23). The molecule has 1 fully saturated rings. The average Bonchev–Trinajstić information content (AvgIpc) is 3.21. The van der Waals surface area contributed by atoms with Crippen LogP contribution in [0.2, 0.25) is 0 Å². The van der Waals surface area contributed by atoms with Crippen LogP contribution >= 0.6 is 0 Å². The van der Waals surface area contributed by atoms with Crippen molar-refractivity contribution in [2.75, 3.05) is 0 Å². The van der Waals surface area contributed by atoms with Crippen molar-refractivity contribution in [3.8, 4) is 17.2 Å². The predicted molar refractivity (Wildman–Crippen MR) is 90.6 cm³/mol. The average molecular weight is 302 g/mol. The minimum absolute atomic E-state index is 0.298. The highest BCUT2D eigenvalue weighted by Crippen LogP contribution is 2.36. The smallest absolute Gasteiger partial charge is 0.127 e. The maximum atomic E-state index is 8.90. The number of H-pyrrole nitrogens is 1. The van der Waals surface area contributed by atoms with Gasteiger partial charge < -0.3 is 10.7 Å². The number of nitrogens with zero attached hydrogens (tertiary/aromatic N) is 2. The van der Waals surface area contributed by atoms with E-state index in [4.69, 9.17) is 16.0 Å². The molecule has 0 aliphatic heterocycles. The summed E-state index contributed by atoms with van der Waals surface area (Å²) in [4.78, 5) is 8.13. The lowest BCUT2D eigenvalue weighted by Crippen LogP contribution is -2.34. The van der Waals surface area contributed by atoms with Crippen LogP contribution in [0.15, 0.2) is 42.5 Å². The quantitative estimate of drug-likeness (QED) is 0.755. The number of nitrogens with one attached hydrogen (secondary N) is 1. The van der Waals surface area contributed by atoms with Crippen LogP contribution in [0.5, 0.6) is 0 Å². The van der Waals surface area contributed by atoms with Gasteiger partial charge in [0, 0.05) is 0 Å². The topological polar surface area (TPSA) is 78.5 Å². The first kappa shape index (κ1) is 14.0. The molecule has 1 aliphatic carbocycles. The zero-order valence-electron chi connectivity index (χ0n) is 12.8. The van der Waals surface area contributed by atoms with Crippen LogP contribution in [0, 0.1) is 11.3 Å². The molecule has 1 heterocycles. The third kappa shape index (κ3) is 2.39. The summed E-state index contributed by atoms with van der Waals surface area (Å²) in [7, 11) is 0. The number of imidazole rings is 1. The molecule has 0 spiro atoms. The predicted octanol–water partition coefficient (Wildman–Crippen LogP) is 3.83. The van der Waals surface area contributed by atoms with Crippen molar-refractivity contribution in [3.05, 3.63) is 53.9 Å². The summed E-state index contributed by atoms with van der Waals surface area (Å²) in [5.74, 6) is 0.905. The summed E-state index contributed by atoms with van der Waals surface area (Å²) >= 11 is 0. The van der Waals surface area contributed by atoms with Crippen molar-refractivity contribution in [2.24, 2.45) is 5.73 Å². The van der Waals surface area contributed by atoms with Gasteiger partial charge in [-0.1, -0.05) is 31.0 Å². The van der Waals surface area contributed by atoms with Gasteiger partial charge in [0.05, 0.1) is 28.2 Å². The molecule has 0 bridgehead atoms. The number of hydrogen-bond donors (Lipinski definition) is 2. The largest absolute Gasteiger partial charge is 0.340 e. The summed E-state index contributed by atoms with van der Waals surface area (Å²) < 4.78 is 0. The third-order valence-electron chi connectivity index (χ3n) is 4.80. The van der Waals surface area contributed by atoms with Crippen molar-refractivity contribution in [1.82, 2.24) is 9.97 Å². The maximum Gasteiger partial charge on any atom is 0.127 e. The van der Waals surface area contributed by atoms with Crippen molar-refractivity contribution >= 4 is 11.0 Å². The number of aromatic nitrogens is 2. The second-order valence-electron chi connectivity index (χ2n) is 6.37. The molecule has 3 N–H and O–H groups in total. The molecule has 0 atom stereocenters. The molecule has 0 unspecified atom stereocenters. The third-order valence-corrected chi connectivity index (χ3v) is 4.80. The molecule has 4 rings (SSSR count). The van der Waals surface area contributed by atoms with Gasteiger partial charge in [0.25, 0.3) is 0 Å². The summed E-state index contributed by atoms with van der Waals surface area (Å²) in [5.41, 5.74) is 11.0. The van der Waals surface area contributed by atoms with E-state index >= 15 is 0 Å². The Kier molecular flexibility index (Phi) is 3.17. The number of benzene rings is 2. The van der Waals surface area contributed by atoms with Gasteiger partial charge in [-0.2, -0.15) is 5.26 Å². The van der Waals surface area contributed by atoms with Crippen LogP contribution in [0.25, 0.3) is 22.2 Å². The van der Waals surface area contributed by atoms with Crippen molar-refractivity contribution in [3.63, 3.8) is 0 Å². The second-order valence-corrected chi connectivity index (χ2v) is 6.37. The molecular weight excluding hydrogens is 284 g/mol. The summed E-state index contributed by atoms with van der Waals surface area (Å²) in [6.07, 6.45) is 4.33. The van der Waals surface area contributed by atoms with E-state index in [1.165, 1.54) is 12.8 Å². The van der Waals surface area contributed by atoms with E-state index < -0.39 is 0 Å². The van der Waals surface area contributed by atoms with E-state index in [1.807, 2.05) is 30.3 Å². The summed E-state index contributed by atoms with van der Waals surface area (Å²) in [6, 6.07) is 16.0. The first-order valence-electron chi connectivity index (χ1n) is 7.98. The van der Waals surface area contributed by atoms with Gasteiger partial charge in [-0.3, -0.25) is 0 Å². The lowest BCUT2D eigenvalue weighted by Gasteiger charge is -2.19.